The van der Waals surface area contributed by atoms with Crippen LogP contribution >= 0.6 is 0 Å². The molecule has 0 aromatic heterocycles. The smallest absolute Gasteiger partial charge is 0.324 e. The van der Waals surface area contributed by atoms with Gasteiger partial charge in [-0.15, -0.1) is 5.92 Å². The fraction of sp³-hybridized carbons (Fsp3) is 0.727. The Labute approximate surface area is 91.0 Å². The van der Waals surface area contributed by atoms with Gasteiger partial charge in [0, 0.05) is 19.6 Å². The first-order valence-corrected chi connectivity index (χ1v) is 5.30. The van der Waals surface area contributed by atoms with E-state index in [9.17, 15) is 4.79 Å². The van der Waals surface area contributed by atoms with E-state index in [2.05, 4.69) is 22.1 Å². The van der Waals surface area contributed by atoms with E-state index in [1.165, 1.54) is 0 Å². The molecular formula is C11H18N2O2. The Hall–Kier alpha value is -1.05. The van der Waals surface area contributed by atoms with Crippen LogP contribution in [0.3, 0.4) is 0 Å². The summed E-state index contributed by atoms with van der Waals surface area (Å²) in [6.07, 6.45) is 0. The molecule has 4 heteroatoms. The Kier molecular flexibility index (Phi) is 5.16. The molecule has 0 saturated carbocycles. The zero-order valence-corrected chi connectivity index (χ0v) is 9.38. The molecule has 1 unspecified atom stereocenters. The monoisotopic (exact) mass is 210 g/mol. The van der Waals surface area contributed by atoms with Crippen LogP contribution in [0.15, 0.2) is 0 Å². The van der Waals surface area contributed by atoms with Gasteiger partial charge in [-0.2, -0.15) is 0 Å². The third kappa shape index (κ3) is 3.54. The van der Waals surface area contributed by atoms with Crippen LogP contribution in [0.4, 0.5) is 0 Å². The van der Waals surface area contributed by atoms with E-state index >= 15 is 0 Å². The van der Waals surface area contributed by atoms with Crippen LogP contribution in [0.5, 0.6) is 0 Å². The Morgan fingerprint density at radius 3 is 3.13 bits per heavy atom. The van der Waals surface area contributed by atoms with E-state index < -0.39 is 0 Å². The number of carbonyl (C=O) groups is 1. The normalized spacial score (nSPS) is 21.6. The van der Waals surface area contributed by atoms with E-state index in [-0.39, 0.29) is 12.0 Å². The van der Waals surface area contributed by atoms with Crippen molar-refractivity contribution in [2.24, 2.45) is 0 Å². The molecule has 1 heterocycles. The number of hydrogen-bond donors (Lipinski definition) is 1. The summed E-state index contributed by atoms with van der Waals surface area (Å²) in [6, 6.07) is -0.181. The van der Waals surface area contributed by atoms with Gasteiger partial charge >= 0.3 is 5.97 Å². The molecule has 1 rings (SSSR count). The Morgan fingerprint density at radius 1 is 1.67 bits per heavy atom. The van der Waals surface area contributed by atoms with Gasteiger partial charge < -0.3 is 10.1 Å². The first kappa shape index (κ1) is 12.0. The zero-order valence-electron chi connectivity index (χ0n) is 9.38. The molecule has 1 atom stereocenters. The second-order valence-corrected chi connectivity index (χ2v) is 3.37. The third-order valence-corrected chi connectivity index (χ3v) is 2.37. The van der Waals surface area contributed by atoms with Gasteiger partial charge in [0.2, 0.25) is 0 Å². The summed E-state index contributed by atoms with van der Waals surface area (Å²) in [4.78, 5) is 13.7. The fourth-order valence-electron chi connectivity index (χ4n) is 1.59. The van der Waals surface area contributed by atoms with Crippen LogP contribution in [-0.4, -0.2) is 49.7 Å². The lowest BCUT2D eigenvalue weighted by atomic mass is 10.2. The maximum absolute atomic E-state index is 11.6. The number of hydrogen-bond acceptors (Lipinski definition) is 4. The number of piperazine rings is 1. The molecule has 0 amide bonds. The van der Waals surface area contributed by atoms with Gasteiger partial charge in [0.05, 0.1) is 13.2 Å². The maximum atomic E-state index is 11.6. The molecule has 84 valence electrons. The van der Waals surface area contributed by atoms with Crippen molar-refractivity contribution in [3.05, 3.63) is 0 Å². The first-order valence-electron chi connectivity index (χ1n) is 5.30. The number of rotatable bonds is 3. The highest BCUT2D eigenvalue weighted by molar-refractivity contribution is 5.76. The molecule has 0 radical (unpaired) electrons. The lowest BCUT2D eigenvalue weighted by molar-refractivity contribution is -0.149. The van der Waals surface area contributed by atoms with Crippen LogP contribution in [-0.2, 0) is 9.53 Å². The number of nitrogens with one attached hydrogen (secondary N) is 1. The first-order chi connectivity index (χ1) is 7.29. The fourth-order valence-corrected chi connectivity index (χ4v) is 1.59. The van der Waals surface area contributed by atoms with E-state index in [0.717, 1.165) is 13.1 Å². The van der Waals surface area contributed by atoms with E-state index in [1.807, 2.05) is 13.8 Å². The second-order valence-electron chi connectivity index (χ2n) is 3.37. The molecule has 4 nitrogen and oxygen atoms in total. The molecule has 0 spiro atoms. The molecule has 0 aliphatic carbocycles. The molecule has 1 aliphatic rings. The molecular weight excluding hydrogens is 192 g/mol. The number of nitrogens with zero attached hydrogens (tertiary/aromatic N) is 1. The van der Waals surface area contributed by atoms with Crippen molar-refractivity contribution in [2.75, 3.05) is 32.8 Å². The summed E-state index contributed by atoms with van der Waals surface area (Å²) < 4.78 is 5.02. The molecule has 15 heavy (non-hydrogen) atoms. The molecule has 1 N–H and O–H groups in total. The number of carbonyl (C=O) groups excluding carboxylic acids is 1. The SMILES string of the molecule is CC#CCN1CCNCC1C(=O)OCC. The molecule has 0 bridgehead atoms. The zero-order chi connectivity index (χ0) is 11.1. The van der Waals surface area contributed by atoms with Gasteiger partial charge in [0.15, 0.2) is 0 Å². The van der Waals surface area contributed by atoms with Crippen LogP contribution in [0.1, 0.15) is 13.8 Å². The lowest BCUT2D eigenvalue weighted by Crippen LogP contribution is -2.55. The minimum Gasteiger partial charge on any atom is -0.465 e. The maximum Gasteiger partial charge on any atom is 0.324 e. The van der Waals surface area contributed by atoms with Crippen LogP contribution in [0, 0.1) is 11.8 Å². The summed E-state index contributed by atoms with van der Waals surface area (Å²) in [6.45, 7) is 7.11. The van der Waals surface area contributed by atoms with Gasteiger partial charge in [-0.25, -0.2) is 0 Å². The van der Waals surface area contributed by atoms with Gasteiger partial charge in [0.25, 0.3) is 0 Å². The number of esters is 1. The summed E-state index contributed by atoms with van der Waals surface area (Å²) in [5.41, 5.74) is 0. The standard InChI is InChI=1S/C11H18N2O2/c1-3-5-7-13-8-6-12-9-10(13)11(14)15-4-2/h10,12H,4,6-9H2,1-2H3. The Morgan fingerprint density at radius 2 is 2.47 bits per heavy atom. The van der Waals surface area contributed by atoms with Gasteiger partial charge in [-0.05, 0) is 13.8 Å². The number of ether oxygens (including phenoxy) is 1. The van der Waals surface area contributed by atoms with Crippen LogP contribution in [0.2, 0.25) is 0 Å². The minimum absolute atomic E-state index is 0.150. The summed E-state index contributed by atoms with van der Waals surface area (Å²) in [5, 5.41) is 3.19. The third-order valence-electron chi connectivity index (χ3n) is 2.37. The summed E-state index contributed by atoms with van der Waals surface area (Å²) in [5.74, 6) is 5.68. The molecule has 1 fully saturated rings. The predicted octanol–water partition coefficient (Wildman–Crippen LogP) is -0.153. The van der Waals surface area contributed by atoms with Crippen molar-refractivity contribution in [2.45, 2.75) is 19.9 Å². The van der Waals surface area contributed by atoms with Crippen molar-refractivity contribution in [3.8, 4) is 11.8 Å². The van der Waals surface area contributed by atoms with E-state index in [0.29, 0.717) is 19.7 Å². The largest absolute Gasteiger partial charge is 0.465 e. The predicted molar refractivity (Wildman–Crippen MR) is 58.3 cm³/mol. The highest BCUT2D eigenvalue weighted by Gasteiger charge is 2.28. The van der Waals surface area contributed by atoms with Crippen LogP contribution < -0.4 is 5.32 Å². The highest BCUT2D eigenvalue weighted by Crippen LogP contribution is 2.04. The second kappa shape index (κ2) is 6.44. The van der Waals surface area contributed by atoms with Crippen molar-refractivity contribution < 1.29 is 9.53 Å². The van der Waals surface area contributed by atoms with Crippen LogP contribution in [0.25, 0.3) is 0 Å². The molecule has 0 aromatic rings. The van der Waals surface area contributed by atoms with Gasteiger partial charge in [-0.3, -0.25) is 9.69 Å². The Balaban J connectivity index is 2.55. The molecule has 1 aliphatic heterocycles. The summed E-state index contributed by atoms with van der Waals surface area (Å²) in [7, 11) is 0. The van der Waals surface area contributed by atoms with Crippen molar-refractivity contribution in [3.63, 3.8) is 0 Å². The van der Waals surface area contributed by atoms with E-state index in [4.69, 9.17) is 4.74 Å². The molecule has 1 saturated heterocycles. The van der Waals surface area contributed by atoms with E-state index in [1.54, 1.807) is 0 Å². The Bertz CT molecular complexity index is 267. The average Bonchev–Trinajstić information content (AvgIpc) is 2.27. The van der Waals surface area contributed by atoms with Gasteiger partial charge in [0.1, 0.15) is 6.04 Å². The lowest BCUT2D eigenvalue weighted by Gasteiger charge is -2.32. The minimum atomic E-state index is -0.181. The van der Waals surface area contributed by atoms with Gasteiger partial charge in [-0.1, -0.05) is 5.92 Å². The molecule has 0 aromatic carbocycles. The quantitative estimate of drug-likeness (QED) is 0.519. The summed E-state index contributed by atoms with van der Waals surface area (Å²) >= 11 is 0. The van der Waals surface area contributed by atoms with Crippen molar-refractivity contribution in [1.29, 1.82) is 0 Å². The highest BCUT2D eigenvalue weighted by atomic mass is 16.5. The average molecular weight is 210 g/mol. The van der Waals surface area contributed by atoms with Crippen molar-refractivity contribution in [1.82, 2.24) is 10.2 Å². The van der Waals surface area contributed by atoms with Crippen molar-refractivity contribution >= 4 is 5.97 Å². The topological polar surface area (TPSA) is 41.6 Å².